The minimum atomic E-state index is -1.92. The Kier molecular flexibility index (Phi) is 8.05. The number of nitrogens with one attached hydrogen (secondary N) is 2. The number of fused-ring (bicyclic) bond motifs is 1. The maximum Gasteiger partial charge on any atom is 0.291 e. The first-order valence-electron chi connectivity index (χ1n) is 11.1. The molecule has 0 saturated heterocycles. The molecule has 3 aromatic rings. The molecule has 2 aromatic heterocycles. The van der Waals surface area contributed by atoms with Gasteiger partial charge in [-0.25, -0.2) is 14.9 Å². The summed E-state index contributed by atoms with van der Waals surface area (Å²) in [6.07, 6.45) is 1.46. The first-order valence-corrected chi connectivity index (χ1v) is 15.1. The number of pyridine rings is 1. The van der Waals surface area contributed by atoms with E-state index in [0.717, 1.165) is 9.09 Å². The van der Waals surface area contributed by atoms with Crippen molar-refractivity contribution >= 4 is 59.2 Å². The summed E-state index contributed by atoms with van der Waals surface area (Å²) in [4.78, 5) is 22.7. The Labute approximate surface area is 214 Å². The van der Waals surface area contributed by atoms with Crippen LogP contribution in [-0.4, -0.2) is 36.5 Å². The summed E-state index contributed by atoms with van der Waals surface area (Å²) < 4.78 is 23.1. The first kappa shape index (κ1) is 26.6. The largest absolute Gasteiger partial charge is 0.412 e. The molecular formula is C24H32FIN4O3Si. The Morgan fingerprint density at radius 1 is 1.26 bits per heavy atom. The van der Waals surface area contributed by atoms with Crippen LogP contribution in [-0.2, 0) is 16.3 Å². The normalized spacial score (nSPS) is 13.2. The first-order chi connectivity index (χ1) is 15.8. The summed E-state index contributed by atoms with van der Waals surface area (Å²) in [5.74, 6) is -0.295. The molecule has 0 fully saturated rings. The van der Waals surface area contributed by atoms with Crippen LogP contribution in [0.2, 0.25) is 18.1 Å². The number of halogens is 2. The van der Waals surface area contributed by atoms with Crippen LogP contribution in [0.25, 0.3) is 10.9 Å². The van der Waals surface area contributed by atoms with E-state index in [4.69, 9.17) is 9.26 Å². The summed E-state index contributed by atoms with van der Waals surface area (Å²) in [5.41, 5.74) is 4.01. The lowest BCUT2D eigenvalue weighted by molar-refractivity contribution is -0.00384. The number of aromatic nitrogens is 2. The Balaban J connectivity index is 1.71. The molecule has 0 bridgehead atoms. The molecule has 1 amide bonds. The highest BCUT2D eigenvalue weighted by Crippen LogP contribution is 2.37. The van der Waals surface area contributed by atoms with Crippen LogP contribution in [0.5, 0.6) is 0 Å². The van der Waals surface area contributed by atoms with Crippen LogP contribution in [0, 0.1) is 9.39 Å². The lowest BCUT2D eigenvalue weighted by Gasteiger charge is -2.38. The fourth-order valence-corrected chi connectivity index (χ4v) is 5.17. The molecule has 10 heteroatoms. The molecule has 0 aliphatic rings. The van der Waals surface area contributed by atoms with Crippen molar-refractivity contribution < 1.29 is 18.4 Å². The summed E-state index contributed by atoms with van der Waals surface area (Å²) in [6.45, 7) is 13.1. The molecule has 1 atom stereocenters. The van der Waals surface area contributed by atoms with E-state index in [2.05, 4.69) is 72.2 Å². The zero-order chi connectivity index (χ0) is 25.3. The SMILES string of the molecule is C[C@@H](CONC(=O)c1cc2c(Nc3ccc(I)cc3F)nccc2n1C)O[Si](C)(C)C(C)(C)C. The fourth-order valence-electron chi connectivity index (χ4n) is 3.29. The van der Waals surface area contributed by atoms with E-state index in [9.17, 15) is 9.18 Å². The number of hydroxylamine groups is 1. The zero-order valence-electron chi connectivity index (χ0n) is 20.6. The zero-order valence-corrected chi connectivity index (χ0v) is 23.8. The highest BCUT2D eigenvalue weighted by molar-refractivity contribution is 14.1. The van der Waals surface area contributed by atoms with Crippen molar-refractivity contribution in [1.82, 2.24) is 15.0 Å². The van der Waals surface area contributed by atoms with E-state index in [1.54, 1.807) is 36.0 Å². The molecule has 7 nitrogen and oxygen atoms in total. The van der Waals surface area contributed by atoms with E-state index in [1.807, 2.05) is 13.0 Å². The molecule has 2 N–H and O–H groups in total. The third-order valence-corrected chi connectivity index (χ3v) is 11.4. The summed E-state index contributed by atoms with van der Waals surface area (Å²) >= 11 is 2.06. The van der Waals surface area contributed by atoms with E-state index >= 15 is 0 Å². The molecule has 0 spiro atoms. The Bertz CT molecular complexity index is 1190. The van der Waals surface area contributed by atoms with Gasteiger partial charge in [0.1, 0.15) is 17.3 Å². The van der Waals surface area contributed by atoms with Crippen molar-refractivity contribution in [2.24, 2.45) is 7.05 Å². The summed E-state index contributed by atoms with van der Waals surface area (Å²) in [6, 6.07) is 8.43. The van der Waals surface area contributed by atoms with Crippen molar-refractivity contribution in [2.75, 3.05) is 11.9 Å². The molecule has 3 rings (SSSR count). The molecular weight excluding hydrogens is 566 g/mol. The fraction of sp³-hybridized carbons (Fsp3) is 0.417. The van der Waals surface area contributed by atoms with Gasteiger partial charge in [0.05, 0.1) is 23.9 Å². The van der Waals surface area contributed by atoms with Crippen molar-refractivity contribution in [1.29, 1.82) is 0 Å². The molecule has 0 aliphatic heterocycles. The molecule has 0 unspecified atom stereocenters. The van der Waals surface area contributed by atoms with E-state index in [-0.39, 0.29) is 29.5 Å². The predicted octanol–water partition coefficient (Wildman–Crippen LogP) is 6.13. The number of aryl methyl sites for hydroxylation is 1. The molecule has 0 saturated carbocycles. The molecule has 34 heavy (non-hydrogen) atoms. The van der Waals surface area contributed by atoms with Crippen LogP contribution in [0.4, 0.5) is 15.9 Å². The number of carbonyl (C=O) groups is 1. The summed E-state index contributed by atoms with van der Waals surface area (Å²) in [5, 5.41) is 3.82. The Morgan fingerprint density at radius 2 is 1.97 bits per heavy atom. The number of amides is 1. The van der Waals surface area contributed by atoms with E-state index in [0.29, 0.717) is 22.6 Å². The second-order valence-electron chi connectivity index (χ2n) is 9.86. The monoisotopic (exact) mass is 598 g/mol. The van der Waals surface area contributed by atoms with Gasteiger partial charge in [-0.15, -0.1) is 0 Å². The smallest absolute Gasteiger partial charge is 0.291 e. The standard InChI is InChI=1S/C24H32FIN4O3Si/c1-15(33-34(6,7)24(2,3)4)14-32-29-23(31)21-13-17-20(30(21)5)10-11-27-22(17)28-19-9-8-16(26)12-18(19)25/h8-13,15H,14H2,1-7H3,(H,27,28)(H,29,31)/t15-/m0/s1. The predicted molar refractivity (Wildman–Crippen MR) is 144 cm³/mol. The molecule has 2 heterocycles. The highest BCUT2D eigenvalue weighted by atomic mass is 127. The molecule has 0 aliphatic carbocycles. The van der Waals surface area contributed by atoms with Gasteiger partial charge in [-0.05, 0) is 78.0 Å². The number of nitrogens with zero attached hydrogens (tertiary/aromatic N) is 2. The average Bonchev–Trinajstić information content (AvgIpc) is 3.06. The number of anilines is 2. The third-order valence-electron chi connectivity index (χ3n) is 6.17. The van der Waals surface area contributed by atoms with Crippen molar-refractivity contribution in [2.45, 2.75) is 51.9 Å². The van der Waals surface area contributed by atoms with Gasteiger partial charge in [-0.2, -0.15) is 0 Å². The maximum atomic E-state index is 14.3. The highest BCUT2D eigenvalue weighted by Gasteiger charge is 2.38. The molecule has 0 radical (unpaired) electrons. The summed E-state index contributed by atoms with van der Waals surface area (Å²) in [7, 11) is -0.137. The lowest BCUT2D eigenvalue weighted by Crippen LogP contribution is -2.44. The maximum absolute atomic E-state index is 14.3. The quantitative estimate of drug-likeness (QED) is 0.185. The van der Waals surface area contributed by atoms with Crippen molar-refractivity contribution in [3.05, 3.63) is 51.6 Å². The van der Waals surface area contributed by atoms with Crippen LogP contribution in [0.15, 0.2) is 36.5 Å². The van der Waals surface area contributed by atoms with Crippen molar-refractivity contribution in [3.8, 4) is 0 Å². The van der Waals surface area contributed by atoms with Crippen LogP contribution >= 0.6 is 22.6 Å². The van der Waals surface area contributed by atoms with Gasteiger partial charge in [0.2, 0.25) is 0 Å². The minimum Gasteiger partial charge on any atom is -0.412 e. The number of hydrogen-bond acceptors (Lipinski definition) is 5. The van der Waals surface area contributed by atoms with Gasteiger partial charge in [-0.3, -0.25) is 9.63 Å². The van der Waals surface area contributed by atoms with E-state index < -0.39 is 8.32 Å². The second kappa shape index (κ2) is 10.3. The number of carbonyl (C=O) groups excluding carboxylic acids is 1. The average molecular weight is 599 g/mol. The van der Waals surface area contributed by atoms with Gasteiger partial charge in [0, 0.05) is 22.2 Å². The number of hydrogen-bond donors (Lipinski definition) is 2. The van der Waals surface area contributed by atoms with E-state index in [1.165, 1.54) is 6.07 Å². The number of benzene rings is 1. The molecule has 1 aromatic carbocycles. The third kappa shape index (κ3) is 5.96. The lowest BCUT2D eigenvalue weighted by atomic mass is 10.2. The van der Waals surface area contributed by atoms with Crippen LogP contribution in [0.3, 0.4) is 0 Å². The number of rotatable bonds is 8. The topological polar surface area (TPSA) is 77.4 Å². The minimum absolute atomic E-state index is 0.0918. The van der Waals surface area contributed by atoms with Gasteiger partial charge in [0.25, 0.3) is 5.91 Å². The van der Waals surface area contributed by atoms with Gasteiger partial charge in [-0.1, -0.05) is 20.8 Å². The van der Waals surface area contributed by atoms with Gasteiger partial charge < -0.3 is 14.3 Å². The second-order valence-corrected chi connectivity index (χ2v) is 15.9. The molecule has 184 valence electrons. The van der Waals surface area contributed by atoms with Crippen molar-refractivity contribution in [3.63, 3.8) is 0 Å². The van der Waals surface area contributed by atoms with Crippen LogP contribution < -0.4 is 10.8 Å². The van der Waals surface area contributed by atoms with Crippen LogP contribution in [0.1, 0.15) is 38.2 Å². The Hall–Kier alpha value is -2.02. The van der Waals surface area contributed by atoms with Gasteiger partial charge in [0.15, 0.2) is 8.32 Å². The Morgan fingerprint density at radius 3 is 2.62 bits per heavy atom. The van der Waals surface area contributed by atoms with Gasteiger partial charge >= 0.3 is 0 Å².